The fourth-order valence-electron chi connectivity index (χ4n) is 3.23. The Hall–Kier alpha value is -0.650. The van der Waals surface area contributed by atoms with Crippen LogP contribution in [0.4, 0.5) is 4.39 Å². The maximum atomic E-state index is 13.6. The van der Waals surface area contributed by atoms with E-state index >= 15 is 0 Å². The SMILES string of the molecule is C[C@H]1C(F)=CNC[C@H]1[C@@H](C)C1C[C@H]1CO[C@H](O)N(C)C. The van der Waals surface area contributed by atoms with Crippen LogP contribution in [-0.2, 0) is 4.74 Å². The first kappa shape index (κ1) is 15.7. The van der Waals surface area contributed by atoms with E-state index in [1.807, 2.05) is 6.92 Å². The van der Waals surface area contributed by atoms with E-state index < -0.39 is 6.41 Å². The molecule has 0 aromatic carbocycles. The number of halogens is 1. The Morgan fingerprint density at radius 2 is 2.20 bits per heavy atom. The molecular weight excluding hydrogens is 259 g/mol. The summed E-state index contributed by atoms with van der Waals surface area (Å²) in [6.45, 7) is 5.62. The van der Waals surface area contributed by atoms with Crippen LogP contribution in [-0.4, -0.2) is 43.7 Å². The molecule has 1 aliphatic carbocycles. The lowest BCUT2D eigenvalue weighted by atomic mass is 9.78. The molecule has 4 nitrogen and oxygen atoms in total. The average Bonchev–Trinajstić information content (AvgIpc) is 3.17. The fourth-order valence-corrected chi connectivity index (χ4v) is 3.23. The maximum Gasteiger partial charge on any atom is 0.215 e. The summed E-state index contributed by atoms with van der Waals surface area (Å²) in [5.74, 6) is 1.87. The van der Waals surface area contributed by atoms with Crippen molar-refractivity contribution in [3.63, 3.8) is 0 Å². The van der Waals surface area contributed by atoms with Crippen molar-refractivity contribution in [2.45, 2.75) is 26.7 Å². The number of rotatable bonds is 6. The highest BCUT2D eigenvalue weighted by molar-refractivity contribution is 5.05. The van der Waals surface area contributed by atoms with Crippen molar-refractivity contribution < 1.29 is 14.2 Å². The standard InChI is InChI=1S/C15H27FN2O2/c1-9(13-6-17-7-14(16)10(13)2)12-5-11(12)8-20-15(19)18(3)4/h7,9-13,15,17,19H,5-6,8H2,1-4H3/t9-,10+,11-,12?,13-,15-/m0/s1. The molecule has 2 rings (SSSR count). The van der Waals surface area contributed by atoms with Gasteiger partial charge in [0, 0.05) is 18.7 Å². The molecule has 0 aromatic rings. The Morgan fingerprint density at radius 1 is 1.50 bits per heavy atom. The molecule has 6 atom stereocenters. The molecule has 0 saturated heterocycles. The van der Waals surface area contributed by atoms with E-state index in [4.69, 9.17) is 4.74 Å². The van der Waals surface area contributed by atoms with Crippen LogP contribution < -0.4 is 5.32 Å². The minimum Gasteiger partial charge on any atom is -0.389 e. The van der Waals surface area contributed by atoms with Crippen molar-refractivity contribution in [3.8, 4) is 0 Å². The van der Waals surface area contributed by atoms with E-state index in [1.165, 1.54) is 6.20 Å². The molecule has 116 valence electrons. The third-order valence-electron chi connectivity index (χ3n) is 4.90. The lowest BCUT2D eigenvalue weighted by Crippen LogP contribution is -2.35. The summed E-state index contributed by atoms with van der Waals surface area (Å²) in [4.78, 5) is 1.63. The van der Waals surface area contributed by atoms with Gasteiger partial charge >= 0.3 is 0 Å². The number of hydrogen-bond acceptors (Lipinski definition) is 4. The summed E-state index contributed by atoms with van der Waals surface area (Å²) in [5.41, 5.74) is 0. The van der Waals surface area contributed by atoms with E-state index in [9.17, 15) is 9.50 Å². The van der Waals surface area contributed by atoms with Gasteiger partial charge in [-0.05, 0) is 44.2 Å². The van der Waals surface area contributed by atoms with Gasteiger partial charge in [-0.1, -0.05) is 13.8 Å². The zero-order chi connectivity index (χ0) is 14.9. The highest BCUT2D eigenvalue weighted by atomic mass is 19.1. The molecule has 1 saturated carbocycles. The van der Waals surface area contributed by atoms with E-state index in [1.54, 1.807) is 19.0 Å². The van der Waals surface area contributed by atoms with Crippen LogP contribution in [0.25, 0.3) is 0 Å². The van der Waals surface area contributed by atoms with Crippen LogP contribution in [0.1, 0.15) is 20.3 Å². The topological polar surface area (TPSA) is 44.7 Å². The molecule has 0 amide bonds. The average molecular weight is 286 g/mol. The van der Waals surface area contributed by atoms with E-state index in [0.29, 0.717) is 30.3 Å². The quantitative estimate of drug-likeness (QED) is 0.731. The first-order valence-electron chi connectivity index (χ1n) is 7.46. The maximum absolute atomic E-state index is 13.6. The van der Waals surface area contributed by atoms with E-state index in [-0.39, 0.29) is 11.7 Å². The van der Waals surface area contributed by atoms with Gasteiger partial charge < -0.3 is 15.2 Å². The molecule has 1 fully saturated rings. The summed E-state index contributed by atoms with van der Waals surface area (Å²) in [6.07, 6.45) is 1.78. The number of ether oxygens (including phenoxy) is 1. The Kier molecular flexibility index (Phi) is 5.04. The van der Waals surface area contributed by atoms with Crippen molar-refractivity contribution in [1.29, 1.82) is 0 Å². The highest BCUT2D eigenvalue weighted by Crippen LogP contribution is 2.49. The van der Waals surface area contributed by atoms with Crippen LogP contribution in [0.3, 0.4) is 0 Å². The predicted molar refractivity (Wildman–Crippen MR) is 76.3 cm³/mol. The molecule has 2 N–H and O–H groups in total. The van der Waals surface area contributed by atoms with Gasteiger partial charge in [0.1, 0.15) is 5.83 Å². The zero-order valence-electron chi connectivity index (χ0n) is 12.8. The van der Waals surface area contributed by atoms with Crippen LogP contribution >= 0.6 is 0 Å². The van der Waals surface area contributed by atoms with Gasteiger partial charge in [-0.15, -0.1) is 0 Å². The van der Waals surface area contributed by atoms with Crippen molar-refractivity contribution in [2.24, 2.45) is 29.6 Å². The second kappa shape index (κ2) is 6.41. The monoisotopic (exact) mass is 286 g/mol. The first-order chi connectivity index (χ1) is 9.41. The highest BCUT2D eigenvalue weighted by Gasteiger charge is 2.45. The minimum atomic E-state index is -0.831. The minimum absolute atomic E-state index is 0.000726. The second-order valence-electron chi connectivity index (χ2n) is 6.53. The van der Waals surface area contributed by atoms with Crippen molar-refractivity contribution in [2.75, 3.05) is 27.2 Å². The Balaban J connectivity index is 1.78. The second-order valence-corrected chi connectivity index (χ2v) is 6.53. The molecule has 0 aromatic heterocycles. The molecule has 0 bridgehead atoms. The molecule has 5 heteroatoms. The number of nitrogens with one attached hydrogen (secondary N) is 1. The van der Waals surface area contributed by atoms with Crippen LogP contribution in [0.15, 0.2) is 12.0 Å². The molecule has 2 aliphatic rings. The summed E-state index contributed by atoms with van der Waals surface area (Å²) in [5, 5.41) is 12.6. The molecular formula is C15H27FN2O2. The largest absolute Gasteiger partial charge is 0.389 e. The van der Waals surface area contributed by atoms with Gasteiger partial charge in [-0.2, -0.15) is 0 Å². The first-order valence-corrected chi connectivity index (χ1v) is 7.46. The number of aliphatic hydroxyl groups excluding tert-OH is 1. The molecule has 1 unspecified atom stereocenters. The molecule has 1 aliphatic heterocycles. The molecule has 20 heavy (non-hydrogen) atoms. The third-order valence-corrected chi connectivity index (χ3v) is 4.90. The van der Waals surface area contributed by atoms with Gasteiger partial charge in [0.2, 0.25) is 6.41 Å². The summed E-state index contributed by atoms with van der Waals surface area (Å²) in [6, 6.07) is 0. The Morgan fingerprint density at radius 3 is 2.85 bits per heavy atom. The number of hydrogen-bond donors (Lipinski definition) is 2. The van der Waals surface area contributed by atoms with E-state index in [2.05, 4.69) is 12.2 Å². The Bertz CT molecular complexity index is 362. The summed E-state index contributed by atoms with van der Waals surface area (Å²) in [7, 11) is 3.56. The number of aliphatic hydroxyl groups is 1. The van der Waals surface area contributed by atoms with Gasteiger partial charge in [-0.3, -0.25) is 4.90 Å². The molecule has 0 radical (unpaired) electrons. The van der Waals surface area contributed by atoms with Crippen LogP contribution in [0.2, 0.25) is 0 Å². The molecule has 0 spiro atoms. The molecule has 1 heterocycles. The van der Waals surface area contributed by atoms with Gasteiger partial charge in [0.25, 0.3) is 0 Å². The normalized spacial score (nSPS) is 36.2. The lowest BCUT2D eigenvalue weighted by molar-refractivity contribution is -0.180. The van der Waals surface area contributed by atoms with Gasteiger partial charge in [0.05, 0.1) is 6.61 Å². The predicted octanol–water partition coefficient (Wildman–Crippen LogP) is 1.78. The summed E-state index contributed by atoms with van der Waals surface area (Å²) < 4.78 is 19.1. The van der Waals surface area contributed by atoms with E-state index in [0.717, 1.165) is 13.0 Å². The van der Waals surface area contributed by atoms with Gasteiger partial charge in [-0.25, -0.2) is 4.39 Å². The van der Waals surface area contributed by atoms with Crippen LogP contribution in [0, 0.1) is 29.6 Å². The van der Waals surface area contributed by atoms with Crippen molar-refractivity contribution >= 4 is 0 Å². The summed E-state index contributed by atoms with van der Waals surface area (Å²) >= 11 is 0. The van der Waals surface area contributed by atoms with Gasteiger partial charge in [0.15, 0.2) is 0 Å². The van der Waals surface area contributed by atoms with Crippen molar-refractivity contribution in [1.82, 2.24) is 10.2 Å². The Labute approximate surface area is 121 Å². The fraction of sp³-hybridized carbons (Fsp3) is 0.867. The lowest BCUT2D eigenvalue weighted by Gasteiger charge is -2.32. The van der Waals surface area contributed by atoms with Crippen LogP contribution in [0.5, 0.6) is 0 Å². The smallest absolute Gasteiger partial charge is 0.215 e. The number of allylic oxidation sites excluding steroid dienone is 1. The number of nitrogens with zero attached hydrogens (tertiary/aromatic N) is 1. The third kappa shape index (κ3) is 3.51. The zero-order valence-corrected chi connectivity index (χ0v) is 12.8. The van der Waals surface area contributed by atoms with Crippen molar-refractivity contribution in [3.05, 3.63) is 12.0 Å².